The molecule has 0 aromatic heterocycles. The number of nitrogens with one attached hydrogen (secondary N) is 5. The lowest BCUT2D eigenvalue weighted by molar-refractivity contribution is -0.158. The number of nitrogens with zero attached hydrogens (tertiary/aromatic N) is 1. The molecule has 0 radical (unpaired) electrons. The van der Waals surface area contributed by atoms with Crippen LogP contribution in [0.4, 0.5) is 0 Å². The number of aliphatic carboxylic acids is 1. The van der Waals surface area contributed by atoms with Gasteiger partial charge in [0.2, 0.25) is 29.5 Å². The van der Waals surface area contributed by atoms with Crippen molar-refractivity contribution in [2.45, 2.75) is 135 Å². The highest BCUT2D eigenvalue weighted by Gasteiger charge is 2.27. The first kappa shape index (κ1) is 49.0. The Balaban J connectivity index is 4.69. The van der Waals surface area contributed by atoms with Gasteiger partial charge in [0.05, 0.1) is 19.4 Å². The number of nitrogens with two attached hydrogens (primary N) is 4. The molecule has 0 bridgehead atoms. The molecule has 0 aromatic rings. The summed E-state index contributed by atoms with van der Waals surface area (Å²) in [5.74, 6) is -5.63. The number of amides is 5. The number of esters is 2. The third-order valence-electron chi connectivity index (χ3n) is 7.45. The second-order valence-corrected chi connectivity index (χ2v) is 13.0. The van der Waals surface area contributed by atoms with Crippen LogP contribution in [0, 0.1) is 0 Å². The van der Waals surface area contributed by atoms with Gasteiger partial charge >= 0.3 is 17.9 Å². The van der Waals surface area contributed by atoms with E-state index in [1.54, 1.807) is 13.8 Å². The summed E-state index contributed by atoms with van der Waals surface area (Å²) in [5, 5.41) is 22.0. The Hall–Kier alpha value is -5.05. The molecule has 21 nitrogen and oxygen atoms in total. The molecule has 0 rings (SSSR count). The first-order valence-corrected chi connectivity index (χ1v) is 17.8. The number of carbonyl (C=O) groups excluding carboxylic acids is 7. The highest BCUT2D eigenvalue weighted by atomic mass is 16.6. The fraction of sp³-hybridized carbons (Fsp3) is 0.727. The van der Waals surface area contributed by atoms with E-state index in [9.17, 15) is 43.5 Å². The van der Waals surface area contributed by atoms with Crippen LogP contribution < -0.4 is 49.5 Å². The molecule has 0 saturated heterocycles. The third-order valence-corrected chi connectivity index (χ3v) is 7.45. The van der Waals surface area contributed by atoms with Crippen LogP contribution >= 0.6 is 0 Å². The zero-order valence-electron chi connectivity index (χ0n) is 31.8. The molecule has 0 saturated carbocycles. The zero-order valence-corrected chi connectivity index (χ0v) is 31.8. The molecule has 0 aliphatic carbocycles. The Morgan fingerprint density at radius 1 is 0.630 bits per heavy atom. The van der Waals surface area contributed by atoms with Gasteiger partial charge in [-0.2, -0.15) is 0 Å². The van der Waals surface area contributed by atoms with Gasteiger partial charge < -0.3 is 64.1 Å². The van der Waals surface area contributed by atoms with Crippen LogP contribution in [0.3, 0.4) is 0 Å². The van der Waals surface area contributed by atoms with Crippen molar-refractivity contribution in [1.29, 1.82) is 0 Å². The van der Waals surface area contributed by atoms with Crippen molar-refractivity contribution >= 4 is 53.4 Å². The number of aliphatic imine (C=N–C) groups is 1. The predicted octanol–water partition coefficient (Wildman–Crippen LogP) is -2.88. The number of hydrogen-bond donors (Lipinski definition) is 10. The standard InChI is InChI=1S/C33H60N10O11/c1-18(13-25(44)39-19(2)14-26(45)43-24(31(50)51)9-6-7-11-34)40-27(46)15-20(3)53-29(48)16-21(4)54-32(52)22(5)41-30(49)23(42-28(47)17-35)10-8-12-38-33(36)37/h18-24H,6-17,34-35H2,1-5H3,(H,39,44)(H,40,46)(H,41,49)(H,42,47)(H,43,45)(H,50,51)(H4,36,37,38)/t18-,19-,20+,21+,22-,23-,24-/m0/s1. The summed E-state index contributed by atoms with van der Waals surface area (Å²) < 4.78 is 10.5. The SMILES string of the molecule is C[C@H](CC(=O)N[C@@H](C)CC(=O)N[C@@H](C)CC(=O)N[C@@H](CCCCN)C(=O)O)OC(=O)C[C@@H](C)OC(=O)[C@H](C)NC(=O)[C@H](CCCN=C(N)N)NC(=O)CN. The Morgan fingerprint density at radius 3 is 1.69 bits per heavy atom. The Kier molecular flexibility index (Phi) is 24.2. The molecule has 308 valence electrons. The quantitative estimate of drug-likeness (QED) is 0.0173. The summed E-state index contributed by atoms with van der Waals surface area (Å²) >= 11 is 0. The molecule has 54 heavy (non-hydrogen) atoms. The van der Waals surface area contributed by atoms with Crippen molar-refractivity contribution in [2.75, 3.05) is 19.6 Å². The van der Waals surface area contributed by atoms with Gasteiger partial charge in [0.15, 0.2) is 5.96 Å². The van der Waals surface area contributed by atoms with Gasteiger partial charge in [0.25, 0.3) is 0 Å². The number of carboxylic acid groups (broad SMARTS) is 1. The molecule has 5 amide bonds. The average Bonchev–Trinajstić information content (AvgIpc) is 3.04. The van der Waals surface area contributed by atoms with E-state index < -0.39 is 89.9 Å². The summed E-state index contributed by atoms with van der Waals surface area (Å²) in [6.45, 7) is 7.74. The highest BCUT2D eigenvalue weighted by molar-refractivity contribution is 5.91. The molecule has 21 heteroatoms. The zero-order chi connectivity index (χ0) is 41.4. The number of guanidine groups is 1. The van der Waals surface area contributed by atoms with Crippen LogP contribution in [0.2, 0.25) is 0 Å². The maximum atomic E-state index is 12.8. The third kappa shape index (κ3) is 23.5. The van der Waals surface area contributed by atoms with E-state index in [1.807, 2.05) is 0 Å². The van der Waals surface area contributed by atoms with E-state index >= 15 is 0 Å². The van der Waals surface area contributed by atoms with E-state index in [2.05, 4.69) is 31.6 Å². The van der Waals surface area contributed by atoms with E-state index in [4.69, 9.17) is 32.4 Å². The lowest BCUT2D eigenvalue weighted by Gasteiger charge is -2.22. The van der Waals surface area contributed by atoms with Crippen LogP contribution in [0.15, 0.2) is 4.99 Å². The summed E-state index contributed by atoms with van der Waals surface area (Å²) in [7, 11) is 0. The van der Waals surface area contributed by atoms with E-state index in [0.717, 1.165) is 0 Å². The molecule has 0 fully saturated rings. The van der Waals surface area contributed by atoms with Gasteiger partial charge in [-0.15, -0.1) is 0 Å². The molecular weight excluding hydrogens is 712 g/mol. The smallest absolute Gasteiger partial charge is 0.328 e. The average molecular weight is 773 g/mol. The van der Waals surface area contributed by atoms with Crippen molar-refractivity contribution in [3.8, 4) is 0 Å². The minimum absolute atomic E-state index is 0.118. The molecular formula is C33H60N10O11. The summed E-state index contributed by atoms with van der Waals surface area (Å²) in [6.07, 6.45) is -0.768. The van der Waals surface area contributed by atoms with Gasteiger partial charge in [-0.05, 0) is 73.3 Å². The van der Waals surface area contributed by atoms with Gasteiger partial charge in [-0.3, -0.25) is 33.8 Å². The molecule has 0 heterocycles. The summed E-state index contributed by atoms with van der Waals surface area (Å²) in [4.78, 5) is 102. The van der Waals surface area contributed by atoms with Gasteiger partial charge in [-0.1, -0.05) is 0 Å². The Bertz CT molecular complexity index is 1300. The largest absolute Gasteiger partial charge is 0.480 e. The van der Waals surface area contributed by atoms with Crippen LogP contribution in [-0.4, -0.2) is 121 Å². The number of hydrogen-bond acceptors (Lipinski definition) is 13. The molecule has 14 N–H and O–H groups in total. The van der Waals surface area contributed by atoms with Crippen molar-refractivity contribution in [1.82, 2.24) is 26.6 Å². The van der Waals surface area contributed by atoms with Crippen molar-refractivity contribution in [3.63, 3.8) is 0 Å². The fourth-order valence-corrected chi connectivity index (χ4v) is 4.88. The van der Waals surface area contributed by atoms with Gasteiger partial charge in [0.1, 0.15) is 30.3 Å². The summed E-state index contributed by atoms with van der Waals surface area (Å²) in [6, 6.07) is -4.44. The number of carbonyl (C=O) groups is 8. The number of ether oxygens (including phenoxy) is 2. The lowest BCUT2D eigenvalue weighted by atomic mass is 10.1. The van der Waals surface area contributed by atoms with E-state index in [1.165, 1.54) is 20.8 Å². The maximum Gasteiger partial charge on any atom is 0.328 e. The Labute approximate surface area is 315 Å². The predicted molar refractivity (Wildman–Crippen MR) is 196 cm³/mol. The second-order valence-electron chi connectivity index (χ2n) is 13.0. The molecule has 0 aromatic carbocycles. The maximum absolute atomic E-state index is 12.8. The van der Waals surface area contributed by atoms with Gasteiger partial charge in [-0.25, -0.2) is 9.59 Å². The minimum atomic E-state index is -1.16. The number of unbranched alkanes of at least 4 members (excludes halogenated alkanes) is 1. The van der Waals surface area contributed by atoms with Crippen molar-refractivity contribution in [2.24, 2.45) is 27.9 Å². The van der Waals surface area contributed by atoms with Gasteiger partial charge in [0, 0.05) is 31.5 Å². The lowest BCUT2D eigenvalue weighted by Crippen LogP contribution is -2.52. The topological polar surface area (TPSA) is 352 Å². The minimum Gasteiger partial charge on any atom is -0.480 e. The first-order valence-electron chi connectivity index (χ1n) is 17.8. The molecule has 7 atom stereocenters. The van der Waals surface area contributed by atoms with Crippen LogP contribution in [-0.2, 0) is 47.8 Å². The van der Waals surface area contributed by atoms with E-state index in [-0.39, 0.29) is 57.6 Å². The number of carboxylic acids is 1. The normalized spacial score (nSPS) is 14.6. The second kappa shape index (κ2) is 26.7. The molecule has 0 aliphatic rings. The van der Waals surface area contributed by atoms with Crippen molar-refractivity contribution in [3.05, 3.63) is 0 Å². The van der Waals surface area contributed by atoms with Crippen LogP contribution in [0.5, 0.6) is 0 Å². The van der Waals surface area contributed by atoms with Crippen LogP contribution in [0.25, 0.3) is 0 Å². The monoisotopic (exact) mass is 772 g/mol. The molecule has 0 spiro atoms. The van der Waals surface area contributed by atoms with Crippen molar-refractivity contribution < 1.29 is 52.9 Å². The molecule has 0 aliphatic heterocycles. The molecule has 0 unspecified atom stereocenters. The van der Waals surface area contributed by atoms with E-state index in [0.29, 0.717) is 25.8 Å². The first-order chi connectivity index (χ1) is 25.3. The number of rotatable bonds is 27. The summed E-state index contributed by atoms with van der Waals surface area (Å²) in [5.41, 5.74) is 21.3. The Morgan fingerprint density at radius 2 is 1.15 bits per heavy atom. The highest BCUT2D eigenvalue weighted by Crippen LogP contribution is 2.08. The fourth-order valence-electron chi connectivity index (χ4n) is 4.88. The van der Waals surface area contributed by atoms with Crippen LogP contribution in [0.1, 0.15) is 92.4 Å².